The summed E-state index contributed by atoms with van der Waals surface area (Å²) in [5, 5.41) is 11.3. The van der Waals surface area contributed by atoms with Crippen LogP contribution in [0.4, 0.5) is 0 Å². The molecule has 0 spiro atoms. The number of aliphatic carboxylic acids is 1. The molecule has 0 amide bonds. The van der Waals surface area contributed by atoms with Crippen molar-refractivity contribution >= 4 is 17.3 Å². The maximum atomic E-state index is 11.2. The summed E-state index contributed by atoms with van der Waals surface area (Å²) in [6.45, 7) is 0. The standard InChI is InChI=1S/C13H14N2O2S/c16-13(17)11-4-1-5-12-14-9(8-15(11)12)7-10-3-2-6-18-10/h2-3,6,8,11H,1,4-5,7H2,(H,16,17). The Kier molecular flexibility index (Phi) is 2.91. The van der Waals surface area contributed by atoms with E-state index in [0.717, 1.165) is 30.8 Å². The molecule has 1 aliphatic rings. The lowest BCUT2D eigenvalue weighted by Gasteiger charge is -2.20. The molecule has 0 fully saturated rings. The monoisotopic (exact) mass is 262 g/mol. The van der Waals surface area contributed by atoms with Crippen LogP contribution in [0.25, 0.3) is 0 Å². The van der Waals surface area contributed by atoms with E-state index in [1.165, 1.54) is 4.88 Å². The molecule has 0 aliphatic carbocycles. The van der Waals surface area contributed by atoms with E-state index in [9.17, 15) is 9.90 Å². The third kappa shape index (κ3) is 2.06. The lowest BCUT2D eigenvalue weighted by Crippen LogP contribution is -2.24. The fourth-order valence-corrected chi connectivity index (χ4v) is 3.17. The Morgan fingerprint density at radius 1 is 1.61 bits per heavy atom. The van der Waals surface area contributed by atoms with Gasteiger partial charge in [-0.3, -0.25) is 0 Å². The molecule has 1 unspecified atom stereocenters. The van der Waals surface area contributed by atoms with Crippen molar-refractivity contribution in [2.24, 2.45) is 0 Å². The van der Waals surface area contributed by atoms with Crippen LogP contribution in [0.2, 0.25) is 0 Å². The predicted molar refractivity (Wildman–Crippen MR) is 69.0 cm³/mol. The molecule has 1 aliphatic heterocycles. The van der Waals surface area contributed by atoms with E-state index in [2.05, 4.69) is 11.1 Å². The van der Waals surface area contributed by atoms with Gasteiger partial charge in [0, 0.05) is 23.9 Å². The van der Waals surface area contributed by atoms with Crippen molar-refractivity contribution in [2.45, 2.75) is 31.7 Å². The summed E-state index contributed by atoms with van der Waals surface area (Å²) in [7, 11) is 0. The first-order valence-corrected chi connectivity index (χ1v) is 6.94. The highest BCUT2D eigenvalue weighted by Crippen LogP contribution is 2.26. The largest absolute Gasteiger partial charge is 0.480 e. The number of carbonyl (C=O) groups is 1. The summed E-state index contributed by atoms with van der Waals surface area (Å²) in [5.41, 5.74) is 0.973. The first-order valence-electron chi connectivity index (χ1n) is 6.06. The van der Waals surface area contributed by atoms with Gasteiger partial charge >= 0.3 is 5.97 Å². The van der Waals surface area contributed by atoms with Crippen LogP contribution in [0.1, 0.15) is 35.3 Å². The number of hydrogen-bond acceptors (Lipinski definition) is 3. The lowest BCUT2D eigenvalue weighted by atomic mass is 10.1. The molecule has 0 saturated carbocycles. The van der Waals surface area contributed by atoms with Crippen LogP contribution >= 0.6 is 11.3 Å². The summed E-state index contributed by atoms with van der Waals surface area (Å²) < 4.78 is 1.84. The fourth-order valence-electron chi connectivity index (χ4n) is 2.45. The Morgan fingerprint density at radius 3 is 3.22 bits per heavy atom. The third-order valence-electron chi connectivity index (χ3n) is 3.29. The van der Waals surface area contributed by atoms with Crippen molar-refractivity contribution < 1.29 is 9.90 Å². The summed E-state index contributed by atoms with van der Waals surface area (Å²) in [6, 6.07) is 3.67. The van der Waals surface area contributed by atoms with Gasteiger partial charge in [-0.1, -0.05) is 6.07 Å². The SMILES string of the molecule is O=C(O)C1CCCc2nc(Cc3cccs3)cn21. The maximum Gasteiger partial charge on any atom is 0.326 e. The minimum Gasteiger partial charge on any atom is -0.480 e. The number of rotatable bonds is 3. The number of carboxylic acids is 1. The van der Waals surface area contributed by atoms with E-state index in [0.29, 0.717) is 6.42 Å². The number of fused-ring (bicyclic) bond motifs is 1. The van der Waals surface area contributed by atoms with Crippen molar-refractivity contribution in [1.82, 2.24) is 9.55 Å². The van der Waals surface area contributed by atoms with E-state index in [-0.39, 0.29) is 0 Å². The Labute approximate surface area is 109 Å². The normalized spacial score (nSPS) is 18.6. The molecule has 0 radical (unpaired) electrons. The molecule has 3 heterocycles. The third-order valence-corrected chi connectivity index (χ3v) is 4.17. The van der Waals surface area contributed by atoms with Crippen molar-refractivity contribution in [3.05, 3.63) is 40.1 Å². The van der Waals surface area contributed by atoms with Gasteiger partial charge in [0.05, 0.1) is 5.69 Å². The van der Waals surface area contributed by atoms with E-state index >= 15 is 0 Å². The average molecular weight is 262 g/mol. The second-order valence-corrected chi connectivity index (χ2v) is 5.59. The van der Waals surface area contributed by atoms with Gasteiger partial charge in [0.25, 0.3) is 0 Å². The van der Waals surface area contributed by atoms with Crippen LogP contribution in [0, 0.1) is 0 Å². The zero-order chi connectivity index (χ0) is 12.5. The Hall–Kier alpha value is -1.62. The number of thiophene rings is 1. The quantitative estimate of drug-likeness (QED) is 0.924. The van der Waals surface area contributed by atoms with Crippen LogP contribution in [-0.2, 0) is 17.6 Å². The molecule has 1 N–H and O–H groups in total. The lowest BCUT2D eigenvalue weighted by molar-refractivity contribution is -0.141. The van der Waals surface area contributed by atoms with Crippen molar-refractivity contribution in [1.29, 1.82) is 0 Å². The van der Waals surface area contributed by atoms with Crippen LogP contribution in [-0.4, -0.2) is 20.6 Å². The van der Waals surface area contributed by atoms with Gasteiger partial charge in [0.2, 0.25) is 0 Å². The van der Waals surface area contributed by atoms with E-state index in [1.54, 1.807) is 11.3 Å². The number of aromatic nitrogens is 2. The van der Waals surface area contributed by atoms with Gasteiger partial charge in [0.15, 0.2) is 0 Å². The molecule has 94 valence electrons. The zero-order valence-electron chi connectivity index (χ0n) is 9.87. The van der Waals surface area contributed by atoms with Gasteiger partial charge in [-0.25, -0.2) is 9.78 Å². The number of nitrogens with zero attached hydrogens (tertiary/aromatic N) is 2. The highest BCUT2D eigenvalue weighted by atomic mass is 32.1. The zero-order valence-corrected chi connectivity index (χ0v) is 10.7. The number of aryl methyl sites for hydroxylation is 1. The minimum absolute atomic E-state index is 0.432. The number of imidazole rings is 1. The fraction of sp³-hybridized carbons (Fsp3) is 0.385. The molecule has 5 heteroatoms. The van der Waals surface area contributed by atoms with Gasteiger partial charge < -0.3 is 9.67 Å². The van der Waals surface area contributed by atoms with E-state index < -0.39 is 12.0 Å². The van der Waals surface area contributed by atoms with E-state index in [1.807, 2.05) is 22.2 Å². The van der Waals surface area contributed by atoms with Crippen LogP contribution in [0.3, 0.4) is 0 Å². The van der Waals surface area contributed by atoms with Crippen molar-refractivity contribution in [3.63, 3.8) is 0 Å². The molecule has 18 heavy (non-hydrogen) atoms. The van der Waals surface area contributed by atoms with E-state index in [4.69, 9.17) is 0 Å². The Bertz CT molecular complexity index is 560. The summed E-state index contributed by atoms with van der Waals surface area (Å²) in [6.07, 6.45) is 5.20. The van der Waals surface area contributed by atoms with Gasteiger partial charge in [-0.2, -0.15) is 0 Å². The van der Waals surface area contributed by atoms with Crippen LogP contribution in [0.5, 0.6) is 0 Å². The van der Waals surface area contributed by atoms with Gasteiger partial charge in [-0.05, 0) is 24.3 Å². The molecule has 0 saturated heterocycles. The number of carboxylic acid groups (broad SMARTS) is 1. The van der Waals surface area contributed by atoms with Crippen LogP contribution in [0.15, 0.2) is 23.7 Å². The topological polar surface area (TPSA) is 55.1 Å². The molecule has 2 aromatic rings. The molecule has 1 atom stereocenters. The predicted octanol–water partition coefficient (Wildman–Crippen LogP) is 2.50. The molecule has 4 nitrogen and oxygen atoms in total. The smallest absolute Gasteiger partial charge is 0.326 e. The Morgan fingerprint density at radius 2 is 2.50 bits per heavy atom. The Balaban J connectivity index is 1.89. The first-order chi connectivity index (χ1) is 8.74. The van der Waals surface area contributed by atoms with Crippen molar-refractivity contribution in [2.75, 3.05) is 0 Å². The molecule has 3 rings (SSSR count). The summed E-state index contributed by atoms with van der Waals surface area (Å²) >= 11 is 1.71. The molecule has 0 aromatic carbocycles. The van der Waals surface area contributed by atoms with Crippen LogP contribution < -0.4 is 0 Å². The minimum atomic E-state index is -0.754. The molecule has 0 bridgehead atoms. The summed E-state index contributed by atoms with van der Waals surface area (Å²) in [4.78, 5) is 17.0. The molecular formula is C13H14N2O2S. The highest BCUT2D eigenvalue weighted by Gasteiger charge is 2.26. The summed E-state index contributed by atoms with van der Waals surface area (Å²) in [5.74, 6) is 0.163. The molecular weight excluding hydrogens is 248 g/mol. The average Bonchev–Trinajstić information content (AvgIpc) is 2.96. The van der Waals surface area contributed by atoms with Gasteiger partial charge in [-0.15, -0.1) is 11.3 Å². The highest BCUT2D eigenvalue weighted by molar-refractivity contribution is 7.09. The second kappa shape index (κ2) is 4.57. The van der Waals surface area contributed by atoms with Gasteiger partial charge in [0.1, 0.15) is 11.9 Å². The van der Waals surface area contributed by atoms with Crippen molar-refractivity contribution in [3.8, 4) is 0 Å². The molecule has 2 aromatic heterocycles. The first kappa shape index (κ1) is 11.5. The maximum absolute atomic E-state index is 11.2. The number of hydrogen-bond donors (Lipinski definition) is 1. The second-order valence-electron chi connectivity index (χ2n) is 4.56.